The van der Waals surface area contributed by atoms with Crippen molar-refractivity contribution < 1.29 is 5.48 Å². The Hall–Kier alpha value is -0.860. The van der Waals surface area contributed by atoms with Crippen LogP contribution in [0.25, 0.3) is 0 Å². The van der Waals surface area contributed by atoms with Crippen molar-refractivity contribution in [3.8, 4) is 0 Å². The van der Waals surface area contributed by atoms with Gasteiger partial charge in [0.2, 0.25) is 0 Å². The fourth-order valence-corrected chi connectivity index (χ4v) is 3.29. The highest BCUT2D eigenvalue weighted by molar-refractivity contribution is 5.49. The van der Waals surface area contributed by atoms with Crippen LogP contribution in [-0.4, -0.2) is 25.1 Å². The Morgan fingerprint density at radius 2 is 1.38 bits per heavy atom. The minimum absolute atomic E-state index is 0. The number of unbranched alkanes of at least 4 members (excludes halogenated alkanes) is 5. The molecule has 122 valence electrons. The standard InChI is InChI=1S/C19H34N.H2O/c1-5-8-9-10-11-14-17-20(6-2,7-3)19-16-13-12-15-18(19)4;/h12-13,15-16H,5-11,14,17H2,1-4H3;1H2/q+1;/p-1. The SMILES string of the molecule is CCCCCCCC[N+](CC)(CC)c1ccccc1C.[OH-]. The molecule has 2 nitrogen and oxygen atoms in total. The Kier molecular flexibility index (Phi) is 10.4. The summed E-state index contributed by atoms with van der Waals surface area (Å²) in [5, 5.41) is 0. The summed E-state index contributed by atoms with van der Waals surface area (Å²) in [6, 6.07) is 8.94. The summed E-state index contributed by atoms with van der Waals surface area (Å²) in [6.07, 6.45) is 8.33. The van der Waals surface area contributed by atoms with Crippen LogP contribution in [-0.2, 0) is 0 Å². The fraction of sp³-hybridized carbons (Fsp3) is 0.684. The van der Waals surface area contributed by atoms with Gasteiger partial charge in [0.1, 0.15) is 5.69 Å². The van der Waals surface area contributed by atoms with Crippen LogP contribution in [0.4, 0.5) is 5.69 Å². The first-order valence-corrected chi connectivity index (χ1v) is 8.62. The summed E-state index contributed by atoms with van der Waals surface area (Å²) in [6.45, 7) is 12.9. The Balaban J connectivity index is 0.00000400. The number of rotatable bonds is 10. The Bertz CT molecular complexity index is 372. The van der Waals surface area contributed by atoms with E-state index in [4.69, 9.17) is 0 Å². The molecule has 0 aromatic heterocycles. The first kappa shape index (κ1) is 20.1. The lowest BCUT2D eigenvalue weighted by atomic mass is 10.1. The Morgan fingerprint density at radius 3 is 1.95 bits per heavy atom. The maximum Gasteiger partial charge on any atom is 0.135 e. The molecule has 0 amide bonds. The maximum atomic E-state index is 2.34. The zero-order chi connectivity index (χ0) is 14.8. The molecule has 2 heteroatoms. The van der Waals surface area contributed by atoms with Crippen LogP contribution in [0.3, 0.4) is 0 Å². The van der Waals surface area contributed by atoms with Gasteiger partial charge in [-0.25, -0.2) is 0 Å². The van der Waals surface area contributed by atoms with Crippen LogP contribution in [0.2, 0.25) is 0 Å². The van der Waals surface area contributed by atoms with Gasteiger partial charge in [0.25, 0.3) is 0 Å². The quantitative estimate of drug-likeness (QED) is 0.412. The highest BCUT2D eigenvalue weighted by atomic mass is 16.0. The number of quaternary nitrogens is 1. The first-order chi connectivity index (χ1) is 9.70. The summed E-state index contributed by atoms with van der Waals surface area (Å²) >= 11 is 0. The van der Waals surface area contributed by atoms with E-state index in [1.807, 2.05) is 0 Å². The molecule has 0 saturated heterocycles. The molecule has 0 aliphatic carbocycles. The number of hydrogen-bond acceptors (Lipinski definition) is 1. The van der Waals surface area contributed by atoms with E-state index in [-0.39, 0.29) is 5.48 Å². The van der Waals surface area contributed by atoms with Gasteiger partial charge < -0.3 is 5.48 Å². The molecule has 1 rings (SSSR count). The van der Waals surface area contributed by atoms with Crippen LogP contribution >= 0.6 is 0 Å². The van der Waals surface area contributed by atoms with E-state index in [0.29, 0.717) is 0 Å². The molecule has 0 radical (unpaired) electrons. The minimum atomic E-state index is 0. The summed E-state index contributed by atoms with van der Waals surface area (Å²) in [4.78, 5) is 0. The molecule has 0 fully saturated rings. The van der Waals surface area contributed by atoms with Crippen LogP contribution in [0.1, 0.15) is 64.9 Å². The molecule has 0 atom stereocenters. The van der Waals surface area contributed by atoms with E-state index >= 15 is 0 Å². The first-order valence-electron chi connectivity index (χ1n) is 8.62. The molecule has 0 saturated carbocycles. The van der Waals surface area contributed by atoms with E-state index < -0.39 is 0 Å². The lowest BCUT2D eigenvalue weighted by Gasteiger charge is -2.37. The van der Waals surface area contributed by atoms with E-state index in [1.165, 1.54) is 69.4 Å². The molecule has 0 heterocycles. The molecular formula is C19H35NO. The topological polar surface area (TPSA) is 30.0 Å². The van der Waals surface area contributed by atoms with Crippen molar-refractivity contribution in [3.05, 3.63) is 29.8 Å². The van der Waals surface area contributed by atoms with Crippen LogP contribution in [0, 0.1) is 6.92 Å². The van der Waals surface area contributed by atoms with Crippen LogP contribution in [0.5, 0.6) is 0 Å². The van der Waals surface area contributed by atoms with Gasteiger partial charge in [-0.2, -0.15) is 0 Å². The average Bonchev–Trinajstić information content (AvgIpc) is 2.48. The Labute approximate surface area is 132 Å². The maximum absolute atomic E-state index is 2.34. The summed E-state index contributed by atoms with van der Waals surface area (Å²) < 4.78 is 1.15. The van der Waals surface area contributed by atoms with Gasteiger partial charge in [0, 0.05) is 5.56 Å². The fourth-order valence-electron chi connectivity index (χ4n) is 3.29. The highest BCUT2D eigenvalue weighted by Crippen LogP contribution is 2.27. The van der Waals surface area contributed by atoms with Gasteiger partial charge in [-0.3, -0.25) is 4.48 Å². The predicted octanol–water partition coefficient (Wildman–Crippen LogP) is 5.53. The minimum Gasteiger partial charge on any atom is -0.870 e. The second-order valence-corrected chi connectivity index (χ2v) is 6.06. The van der Waals surface area contributed by atoms with E-state index in [9.17, 15) is 0 Å². The highest BCUT2D eigenvalue weighted by Gasteiger charge is 2.27. The molecule has 1 aromatic carbocycles. The number of benzene rings is 1. The molecule has 0 unspecified atom stereocenters. The zero-order valence-electron chi connectivity index (χ0n) is 14.6. The van der Waals surface area contributed by atoms with E-state index in [1.54, 1.807) is 0 Å². The van der Waals surface area contributed by atoms with Crippen LogP contribution < -0.4 is 4.48 Å². The number of para-hydroxylation sites is 1. The van der Waals surface area contributed by atoms with Crippen LogP contribution in [0.15, 0.2) is 24.3 Å². The molecule has 0 spiro atoms. The second-order valence-electron chi connectivity index (χ2n) is 6.06. The number of aryl methyl sites for hydroxylation is 1. The van der Waals surface area contributed by atoms with Gasteiger partial charge in [0.05, 0.1) is 19.6 Å². The molecular weight excluding hydrogens is 258 g/mol. The molecule has 1 N–H and O–H groups in total. The number of nitrogens with zero attached hydrogens (tertiary/aromatic N) is 1. The lowest BCUT2D eigenvalue weighted by molar-refractivity contribution is 0.290. The number of hydrogen-bond donors (Lipinski definition) is 0. The van der Waals surface area contributed by atoms with E-state index in [2.05, 4.69) is 52.0 Å². The smallest absolute Gasteiger partial charge is 0.135 e. The molecule has 1 aromatic rings. The molecule has 0 bridgehead atoms. The van der Waals surface area contributed by atoms with E-state index in [0.717, 1.165) is 4.48 Å². The zero-order valence-corrected chi connectivity index (χ0v) is 14.6. The lowest BCUT2D eigenvalue weighted by Crippen LogP contribution is -2.50. The van der Waals surface area contributed by atoms with Crippen molar-refractivity contribution in [2.75, 3.05) is 19.6 Å². The van der Waals surface area contributed by atoms with Gasteiger partial charge in [0.15, 0.2) is 0 Å². The van der Waals surface area contributed by atoms with Crippen molar-refractivity contribution in [2.24, 2.45) is 0 Å². The van der Waals surface area contributed by atoms with Crippen molar-refractivity contribution >= 4 is 5.69 Å². The van der Waals surface area contributed by atoms with Crippen molar-refractivity contribution in [3.63, 3.8) is 0 Å². The molecule has 21 heavy (non-hydrogen) atoms. The summed E-state index contributed by atoms with van der Waals surface area (Å²) in [5.41, 5.74) is 2.98. The largest absolute Gasteiger partial charge is 0.870 e. The summed E-state index contributed by atoms with van der Waals surface area (Å²) in [5.74, 6) is 0. The van der Waals surface area contributed by atoms with Crippen molar-refractivity contribution in [1.82, 2.24) is 4.48 Å². The van der Waals surface area contributed by atoms with Gasteiger partial charge in [-0.15, -0.1) is 0 Å². The average molecular weight is 293 g/mol. The third kappa shape index (κ3) is 5.80. The van der Waals surface area contributed by atoms with Gasteiger partial charge >= 0.3 is 0 Å². The van der Waals surface area contributed by atoms with Gasteiger partial charge in [-0.05, 0) is 39.7 Å². The third-order valence-corrected chi connectivity index (χ3v) is 4.78. The van der Waals surface area contributed by atoms with Crippen molar-refractivity contribution in [1.29, 1.82) is 0 Å². The summed E-state index contributed by atoms with van der Waals surface area (Å²) in [7, 11) is 0. The Morgan fingerprint density at radius 1 is 0.810 bits per heavy atom. The van der Waals surface area contributed by atoms with Crippen molar-refractivity contribution in [2.45, 2.75) is 66.2 Å². The molecule has 0 aliphatic heterocycles. The third-order valence-electron chi connectivity index (χ3n) is 4.78. The monoisotopic (exact) mass is 293 g/mol. The molecule has 0 aliphatic rings. The normalized spacial score (nSPS) is 11.2. The second kappa shape index (κ2) is 10.8. The predicted molar refractivity (Wildman–Crippen MR) is 94.2 cm³/mol. The van der Waals surface area contributed by atoms with Gasteiger partial charge in [-0.1, -0.05) is 50.8 Å².